The summed E-state index contributed by atoms with van der Waals surface area (Å²) < 4.78 is 0. The van der Waals surface area contributed by atoms with Crippen LogP contribution in [-0.2, 0) is 4.79 Å². The molecule has 0 radical (unpaired) electrons. The first kappa shape index (κ1) is 14.5. The summed E-state index contributed by atoms with van der Waals surface area (Å²) in [6.07, 6.45) is 2.08. The molecule has 1 amide bonds. The number of nitrogens with zero attached hydrogens (tertiary/aromatic N) is 3. The molecular formula is C18H19N3O. The van der Waals surface area contributed by atoms with Crippen LogP contribution < -0.4 is 0 Å². The first-order valence-corrected chi connectivity index (χ1v) is 7.42. The van der Waals surface area contributed by atoms with E-state index in [2.05, 4.69) is 10.0 Å². The Labute approximate surface area is 130 Å². The summed E-state index contributed by atoms with van der Waals surface area (Å²) in [6, 6.07) is 19.8. The Morgan fingerprint density at radius 3 is 2.36 bits per heavy atom. The van der Waals surface area contributed by atoms with Gasteiger partial charge in [-0.2, -0.15) is 5.10 Å². The average molecular weight is 293 g/mol. The third-order valence-corrected chi connectivity index (χ3v) is 3.81. The van der Waals surface area contributed by atoms with Crippen LogP contribution in [0, 0.1) is 0 Å². The Bertz CT molecular complexity index is 655. The summed E-state index contributed by atoms with van der Waals surface area (Å²) in [5, 5.41) is 6.05. The molecule has 1 saturated heterocycles. The Kier molecular flexibility index (Phi) is 4.30. The molecule has 1 atom stereocenters. The smallest absolute Gasteiger partial charge is 0.245 e. The molecule has 0 aromatic heterocycles. The SMILES string of the molecule is CN1CCC(=O)N(/N=C/c2ccccc2)C1c1ccccc1. The summed E-state index contributed by atoms with van der Waals surface area (Å²) >= 11 is 0. The first-order valence-electron chi connectivity index (χ1n) is 7.42. The van der Waals surface area contributed by atoms with E-state index in [-0.39, 0.29) is 12.1 Å². The van der Waals surface area contributed by atoms with E-state index in [9.17, 15) is 4.79 Å². The average Bonchev–Trinajstić information content (AvgIpc) is 2.57. The van der Waals surface area contributed by atoms with Gasteiger partial charge >= 0.3 is 0 Å². The molecule has 0 N–H and O–H groups in total. The Morgan fingerprint density at radius 2 is 1.68 bits per heavy atom. The van der Waals surface area contributed by atoms with Crippen molar-refractivity contribution < 1.29 is 4.79 Å². The molecule has 1 aliphatic rings. The van der Waals surface area contributed by atoms with Crippen molar-refractivity contribution >= 4 is 12.1 Å². The fourth-order valence-electron chi connectivity index (χ4n) is 2.65. The summed E-state index contributed by atoms with van der Waals surface area (Å²) in [4.78, 5) is 14.5. The lowest BCUT2D eigenvalue weighted by Crippen LogP contribution is -2.46. The van der Waals surface area contributed by atoms with E-state index >= 15 is 0 Å². The monoisotopic (exact) mass is 293 g/mol. The minimum atomic E-state index is -0.151. The van der Waals surface area contributed by atoms with Crippen molar-refractivity contribution in [1.82, 2.24) is 9.91 Å². The van der Waals surface area contributed by atoms with Gasteiger partial charge in [0.2, 0.25) is 5.91 Å². The maximum Gasteiger partial charge on any atom is 0.245 e. The minimum Gasteiger partial charge on any atom is -0.281 e. The molecule has 2 aromatic rings. The third kappa shape index (κ3) is 3.07. The van der Waals surface area contributed by atoms with Crippen LogP contribution in [-0.4, -0.2) is 35.6 Å². The van der Waals surface area contributed by atoms with Gasteiger partial charge in [0.05, 0.1) is 6.21 Å². The quantitative estimate of drug-likeness (QED) is 0.816. The molecule has 4 heteroatoms. The zero-order valence-electron chi connectivity index (χ0n) is 12.6. The van der Waals surface area contributed by atoms with Crippen molar-refractivity contribution in [1.29, 1.82) is 0 Å². The molecule has 0 bridgehead atoms. The Hall–Kier alpha value is -2.46. The summed E-state index contributed by atoms with van der Waals surface area (Å²) in [5.41, 5.74) is 2.05. The van der Waals surface area contributed by atoms with Gasteiger partial charge in [0.15, 0.2) is 0 Å². The van der Waals surface area contributed by atoms with Crippen LogP contribution in [0.4, 0.5) is 0 Å². The molecule has 22 heavy (non-hydrogen) atoms. The topological polar surface area (TPSA) is 35.9 Å². The van der Waals surface area contributed by atoms with E-state index in [4.69, 9.17) is 0 Å². The number of hydrazone groups is 1. The highest BCUT2D eigenvalue weighted by Crippen LogP contribution is 2.28. The Morgan fingerprint density at radius 1 is 1.05 bits per heavy atom. The summed E-state index contributed by atoms with van der Waals surface area (Å²) in [5.74, 6) is 0.0548. The van der Waals surface area contributed by atoms with E-state index in [1.165, 1.54) is 0 Å². The highest BCUT2D eigenvalue weighted by atomic mass is 16.2. The molecule has 3 rings (SSSR count). The van der Waals surface area contributed by atoms with Crippen molar-refractivity contribution in [2.45, 2.75) is 12.6 Å². The van der Waals surface area contributed by atoms with E-state index in [1.54, 1.807) is 11.2 Å². The maximum atomic E-state index is 12.3. The molecule has 112 valence electrons. The van der Waals surface area contributed by atoms with Crippen LogP contribution in [0.2, 0.25) is 0 Å². The van der Waals surface area contributed by atoms with Crippen LogP contribution in [0.5, 0.6) is 0 Å². The highest BCUT2D eigenvalue weighted by molar-refractivity contribution is 5.83. The standard InChI is InChI=1S/C18H19N3O/c1-20-13-12-17(22)21(18(20)16-10-6-3-7-11-16)19-14-15-8-4-2-5-9-15/h2-11,14,18H,12-13H2,1H3/b19-14+. The minimum absolute atomic E-state index is 0.0548. The van der Waals surface area contributed by atoms with Crippen LogP contribution >= 0.6 is 0 Å². The van der Waals surface area contributed by atoms with Crippen LogP contribution in [0.15, 0.2) is 65.8 Å². The predicted octanol–water partition coefficient (Wildman–Crippen LogP) is 2.88. The van der Waals surface area contributed by atoms with Crippen LogP contribution in [0.3, 0.4) is 0 Å². The summed E-state index contributed by atoms with van der Waals surface area (Å²) in [6.45, 7) is 0.746. The zero-order valence-corrected chi connectivity index (χ0v) is 12.6. The van der Waals surface area contributed by atoms with Crippen molar-refractivity contribution in [3.8, 4) is 0 Å². The number of hydrogen-bond acceptors (Lipinski definition) is 3. The molecule has 0 saturated carbocycles. The molecule has 2 aromatic carbocycles. The summed E-state index contributed by atoms with van der Waals surface area (Å²) in [7, 11) is 2.02. The number of carbonyl (C=O) groups excluding carboxylic acids is 1. The lowest BCUT2D eigenvalue weighted by atomic mass is 10.1. The van der Waals surface area contributed by atoms with E-state index in [0.29, 0.717) is 6.42 Å². The van der Waals surface area contributed by atoms with Gasteiger partial charge in [-0.25, -0.2) is 5.01 Å². The van der Waals surface area contributed by atoms with Gasteiger partial charge in [-0.15, -0.1) is 0 Å². The number of benzene rings is 2. The third-order valence-electron chi connectivity index (χ3n) is 3.81. The van der Waals surface area contributed by atoms with Gasteiger partial charge in [-0.05, 0) is 18.2 Å². The number of carbonyl (C=O) groups is 1. The molecule has 4 nitrogen and oxygen atoms in total. The molecule has 1 heterocycles. The highest BCUT2D eigenvalue weighted by Gasteiger charge is 2.32. The van der Waals surface area contributed by atoms with Crippen molar-refractivity contribution in [2.24, 2.45) is 5.10 Å². The predicted molar refractivity (Wildman–Crippen MR) is 87.3 cm³/mol. The van der Waals surface area contributed by atoms with Crippen LogP contribution in [0.25, 0.3) is 0 Å². The normalized spacial score (nSPS) is 19.8. The van der Waals surface area contributed by atoms with Gasteiger partial charge in [-0.3, -0.25) is 9.69 Å². The van der Waals surface area contributed by atoms with Crippen molar-refractivity contribution in [3.63, 3.8) is 0 Å². The Balaban J connectivity index is 1.90. The molecule has 1 aliphatic heterocycles. The second kappa shape index (κ2) is 6.54. The van der Waals surface area contributed by atoms with Crippen molar-refractivity contribution in [3.05, 3.63) is 71.8 Å². The molecule has 1 unspecified atom stereocenters. The van der Waals surface area contributed by atoms with Gasteiger partial charge in [-0.1, -0.05) is 60.7 Å². The molecule has 1 fully saturated rings. The van der Waals surface area contributed by atoms with Crippen LogP contribution in [0.1, 0.15) is 23.7 Å². The molecular weight excluding hydrogens is 274 g/mol. The van der Waals surface area contributed by atoms with Gasteiger partial charge < -0.3 is 0 Å². The second-order valence-corrected chi connectivity index (χ2v) is 5.41. The number of hydrogen-bond donors (Lipinski definition) is 0. The van der Waals surface area contributed by atoms with E-state index in [0.717, 1.165) is 17.7 Å². The second-order valence-electron chi connectivity index (χ2n) is 5.41. The largest absolute Gasteiger partial charge is 0.281 e. The van der Waals surface area contributed by atoms with E-state index < -0.39 is 0 Å². The van der Waals surface area contributed by atoms with Gasteiger partial charge in [0.25, 0.3) is 0 Å². The van der Waals surface area contributed by atoms with Crippen molar-refractivity contribution in [2.75, 3.05) is 13.6 Å². The van der Waals surface area contributed by atoms with E-state index in [1.807, 2.05) is 67.7 Å². The maximum absolute atomic E-state index is 12.3. The first-order chi connectivity index (χ1) is 10.8. The molecule has 0 aliphatic carbocycles. The number of amides is 1. The fraction of sp³-hybridized carbons (Fsp3) is 0.222. The lowest BCUT2D eigenvalue weighted by molar-refractivity contribution is -0.143. The molecule has 0 spiro atoms. The zero-order chi connectivity index (χ0) is 15.4. The number of rotatable bonds is 3. The van der Waals surface area contributed by atoms with Gasteiger partial charge in [0.1, 0.15) is 6.17 Å². The van der Waals surface area contributed by atoms with Gasteiger partial charge in [0, 0.05) is 13.0 Å². The fourth-order valence-corrected chi connectivity index (χ4v) is 2.65. The lowest BCUT2D eigenvalue weighted by Gasteiger charge is -2.39.